The Bertz CT molecular complexity index is 754. The molecule has 122 valence electrons. The highest BCUT2D eigenvalue weighted by molar-refractivity contribution is 6.35. The lowest BCUT2D eigenvalue weighted by atomic mass is 9.99. The van der Waals surface area contributed by atoms with Crippen LogP contribution in [-0.2, 0) is 7.05 Å². The Hall–Kier alpha value is -1.52. The summed E-state index contributed by atoms with van der Waals surface area (Å²) >= 11 is 6.30. The average Bonchev–Trinajstić information content (AvgIpc) is 2.92. The van der Waals surface area contributed by atoms with Gasteiger partial charge in [-0.05, 0) is 31.5 Å². The molecule has 2 saturated heterocycles. The summed E-state index contributed by atoms with van der Waals surface area (Å²) in [7, 11) is 1.93. The van der Waals surface area contributed by atoms with E-state index < -0.39 is 0 Å². The van der Waals surface area contributed by atoms with E-state index in [0.29, 0.717) is 11.1 Å². The minimum Gasteiger partial charge on any atom is -0.338 e. The number of carbonyl (C=O) groups is 1. The molecule has 0 spiro atoms. The molecule has 4 nitrogen and oxygen atoms in total. The highest BCUT2D eigenvalue weighted by atomic mass is 35.5. The molecule has 2 aliphatic rings. The molecule has 0 bridgehead atoms. The standard InChI is InChI=1S/C18H22ClN3O/c1-20-16(11-13-5-4-7-15(19)17(13)20)18(23)22-10-9-21-8-3-2-6-14(21)12-22/h4-5,7,11,14H,2-3,6,8-10,12H2,1H3. The number of rotatable bonds is 1. The Labute approximate surface area is 141 Å². The van der Waals surface area contributed by atoms with Crippen LogP contribution in [0, 0.1) is 0 Å². The quantitative estimate of drug-likeness (QED) is 0.803. The maximum absolute atomic E-state index is 13.0. The number of piperazine rings is 1. The first kappa shape index (κ1) is 15.0. The van der Waals surface area contributed by atoms with Gasteiger partial charge in [-0.1, -0.05) is 30.2 Å². The average molecular weight is 332 g/mol. The van der Waals surface area contributed by atoms with Crippen molar-refractivity contribution in [3.8, 4) is 0 Å². The van der Waals surface area contributed by atoms with Crippen molar-refractivity contribution in [2.75, 3.05) is 26.2 Å². The molecule has 0 aliphatic carbocycles. The smallest absolute Gasteiger partial charge is 0.270 e. The molecule has 0 N–H and O–H groups in total. The number of fused-ring (bicyclic) bond motifs is 2. The van der Waals surface area contributed by atoms with Gasteiger partial charge >= 0.3 is 0 Å². The van der Waals surface area contributed by atoms with Crippen molar-refractivity contribution >= 4 is 28.4 Å². The van der Waals surface area contributed by atoms with Gasteiger partial charge in [0.25, 0.3) is 5.91 Å². The van der Waals surface area contributed by atoms with Gasteiger partial charge in [-0.25, -0.2) is 0 Å². The van der Waals surface area contributed by atoms with Crippen molar-refractivity contribution in [2.45, 2.75) is 25.3 Å². The van der Waals surface area contributed by atoms with Crippen molar-refractivity contribution in [1.82, 2.24) is 14.4 Å². The van der Waals surface area contributed by atoms with Crippen LogP contribution in [0.5, 0.6) is 0 Å². The third-order valence-corrected chi connectivity index (χ3v) is 5.66. The molecule has 1 atom stereocenters. The largest absolute Gasteiger partial charge is 0.338 e. The van der Waals surface area contributed by atoms with Crippen molar-refractivity contribution < 1.29 is 4.79 Å². The predicted octanol–water partition coefficient (Wildman–Crippen LogP) is 3.14. The first-order valence-corrected chi connectivity index (χ1v) is 8.80. The fourth-order valence-electron chi connectivity index (χ4n) is 4.07. The Morgan fingerprint density at radius 1 is 1.22 bits per heavy atom. The minimum atomic E-state index is 0.130. The summed E-state index contributed by atoms with van der Waals surface area (Å²) in [6, 6.07) is 8.33. The lowest BCUT2D eigenvalue weighted by Crippen LogP contribution is -2.56. The van der Waals surface area contributed by atoms with Gasteiger partial charge in [0.1, 0.15) is 5.69 Å². The zero-order valence-corrected chi connectivity index (χ0v) is 14.2. The highest BCUT2D eigenvalue weighted by Gasteiger charge is 2.32. The second-order valence-electron chi connectivity index (χ2n) is 6.70. The molecular formula is C18H22ClN3O. The zero-order chi connectivity index (χ0) is 16.0. The molecule has 1 aromatic heterocycles. The van der Waals surface area contributed by atoms with Crippen LogP contribution in [0.4, 0.5) is 0 Å². The fraction of sp³-hybridized carbons (Fsp3) is 0.500. The lowest BCUT2D eigenvalue weighted by molar-refractivity contribution is 0.0366. The molecule has 0 radical (unpaired) electrons. The number of piperidine rings is 1. The van der Waals surface area contributed by atoms with E-state index in [1.165, 1.54) is 25.8 Å². The second-order valence-corrected chi connectivity index (χ2v) is 7.11. The van der Waals surface area contributed by atoms with Crippen LogP contribution in [0.1, 0.15) is 29.8 Å². The molecule has 3 heterocycles. The number of carbonyl (C=O) groups excluding carboxylic acids is 1. The zero-order valence-electron chi connectivity index (χ0n) is 13.5. The molecule has 0 saturated carbocycles. The maximum atomic E-state index is 13.0. The van der Waals surface area contributed by atoms with E-state index in [2.05, 4.69) is 4.90 Å². The Morgan fingerprint density at radius 3 is 2.91 bits per heavy atom. The number of para-hydroxylation sites is 1. The molecule has 2 aromatic rings. The fourth-order valence-corrected chi connectivity index (χ4v) is 4.38. The summed E-state index contributed by atoms with van der Waals surface area (Å²) in [6.07, 6.45) is 3.80. The van der Waals surface area contributed by atoms with Gasteiger partial charge in [0.15, 0.2) is 0 Å². The van der Waals surface area contributed by atoms with E-state index in [0.717, 1.165) is 36.2 Å². The van der Waals surface area contributed by atoms with Crippen LogP contribution >= 0.6 is 11.6 Å². The Morgan fingerprint density at radius 2 is 2.09 bits per heavy atom. The van der Waals surface area contributed by atoms with Gasteiger partial charge in [0.2, 0.25) is 0 Å². The molecule has 5 heteroatoms. The van der Waals surface area contributed by atoms with Gasteiger partial charge in [-0.15, -0.1) is 0 Å². The number of aromatic nitrogens is 1. The number of hydrogen-bond donors (Lipinski definition) is 0. The summed E-state index contributed by atoms with van der Waals surface area (Å²) in [6.45, 7) is 3.87. The molecule has 2 aliphatic heterocycles. The highest BCUT2D eigenvalue weighted by Crippen LogP contribution is 2.28. The lowest BCUT2D eigenvalue weighted by Gasteiger charge is -2.44. The third kappa shape index (κ3) is 2.54. The molecule has 1 aromatic carbocycles. The first-order valence-electron chi connectivity index (χ1n) is 8.42. The number of amides is 1. The summed E-state index contributed by atoms with van der Waals surface area (Å²) in [5, 5.41) is 1.72. The Balaban J connectivity index is 1.62. The second kappa shape index (κ2) is 5.84. The summed E-state index contributed by atoms with van der Waals surface area (Å²) in [4.78, 5) is 17.6. The minimum absolute atomic E-state index is 0.130. The van der Waals surface area contributed by atoms with Crippen molar-refractivity contribution in [1.29, 1.82) is 0 Å². The number of hydrogen-bond acceptors (Lipinski definition) is 2. The van der Waals surface area contributed by atoms with E-state index in [9.17, 15) is 4.79 Å². The van der Waals surface area contributed by atoms with Crippen LogP contribution in [0.3, 0.4) is 0 Å². The molecule has 23 heavy (non-hydrogen) atoms. The van der Waals surface area contributed by atoms with Gasteiger partial charge in [0, 0.05) is 38.1 Å². The van der Waals surface area contributed by atoms with Gasteiger partial charge in [-0.2, -0.15) is 0 Å². The summed E-state index contributed by atoms with van der Waals surface area (Å²) in [5.74, 6) is 0.130. The van der Waals surface area contributed by atoms with Crippen molar-refractivity contribution in [3.05, 3.63) is 35.0 Å². The first-order chi connectivity index (χ1) is 11.1. The van der Waals surface area contributed by atoms with Gasteiger partial charge in [-0.3, -0.25) is 9.69 Å². The molecule has 1 unspecified atom stereocenters. The van der Waals surface area contributed by atoms with Crippen LogP contribution < -0.4 is 0 Å². The number of aryl methyl sites for hydroxylation is 1. The van der Waals surface area contributed by atoms with Crippen molar-refractivity contribution in [3.63, 3.8) is 0 Å². The monoisotopic (exact) mass is 331 g/mol. The topological polar surface area (TPSA) is 28.5 Å². The van der Waals surface area contributed by atoms with Crippen molar-refractivity contribution in [2.24, 2.45) is 7.05 Å². The predicted molar refractivity (Wildman–Crippen MR) is 93.0 cm³/mol. The molecule has 1 amide bonds. The Kier molecular flexibility index (Phi) is 3.82. The van der Waals surface area contributed by atoms with E-state index in [1.54, 1.807) is 0 Å². The van der Waals surface area contributed by atoms with E-state index in [4.69, 9.17) is 11.6 Å². The van der Waals surface area contributed by atoms with Gasteiger partial charge in [0.05, 0.1) is 10.5 Å². The van der Waals surface area contributed by atoms with E-state index in [1.807, 2.05) is 40.8 Å². The summed E-state index contributed by atoms with van der Waals surface area (Å²) < 4.78 is 1.94. The van der Waals surface area contributed by atoms with Crippen LogP contribution in [0.2, 0.25) is 5.02 Å². The van der Waals surface area contributed by atoms with Crippen LogP contribution in [0.15, 0.2) is 24.3 Å². The SMILES string of the molecule is Cn1c(C(=O)N2CCN3CCCCC3C2)cc2cccc(Cl)c21. The number of nitrogens with zero attached hydrogens (tertiary/aromatic N) is 3. The maximum Gasteiger partial charge on any atom is 0.270 e. The van der Waals surface area contributed by atoms with Gasteiger partial charge < -0.3 is 9.47 Å². The number of halogens is 1. The number of benzene rings is 1. The normalized spacial score (nSPS) is 22.3. The van der Waals surface area contributed by atoms with Crippen LogP contribution in [-0.4, -0.2) is 52.5 Å². The third-order valence-electron chi connectivity index (χ3n) is 5.35. The molecule has 4 rings (SSSR count). The van der Waals surface area contributed by atoms with E-state index >= 15 is 0 Å². The van der Waals surface area contributed by atoms with E-state index in [-0.39, 0.29) is 5.91 Å². The van der Waals surface area contributed by atoms with Crippen LogP contribution in [0.25, 0.3) is 10.9 Å². The molecule has 2 fully saturated rings. The molecular weight excluding hydrogens is 310 g/mol. The summed E-state index contributed by atoms with van der Waals surface area (Å²) in [5.41, 5.74) is 1.67.